The van der Waals surface area contributed by atoms with E-state index in [1.54, 1.807) is 0 Å². The zero-order chi connectivity index (χ0) is 5.56. The van der Waals surface area contributed by atoms with Gasteiger partial charge in [0.05, 0.1) is 0 Å². The molecule has 3 saturated heterocycles. The van der Waals surface area contributed by atoms with E-state index in [0.717, 1.165) is 12.1 Å². The van der Waals surface area contributed by atoms with E-state index < -0.39 is 0 Å². The van der Waals surface area contributed by atoms with Gasteiger partial charge in [0, 0.05) is 25.2 Å². The van der Waals surface area contributed by atoms with Gasteiger partial charge in [0.2, 0.25) is 0 Å². The van der Waals surface area contributed by atoms with Gasteiger partial charge in [0.15, 0.2) is 0 Å². The van der Waals surface area contributed by atoms with Crippen LogP contribution in [0.5, 0.6) is 0 Å². The minimum Gasteiger partial charge on any atom is -0.314 e. The Hall–Kier alpha value is 0.350. The summed E-state index contributed by atoms with van der Waals surface area (Å²) in [6.07, 6.45) is 1.41. The Kier molecular flexibility index (Phi) is 1.07. The van der Waals surface area contributed by atoms with E-state index in [0.29, 0.717) is 0 Å². The number of piperidine rings is 1. The van der Waals surface area contributed by atoms with Crippen LogP contribution in [0.15, 0.2) is 0 Å². The minimum absolute atomic E-state index is 0.832. The molecule has 3 heterocycles. The van der Waals surface area contributed by atoms with Crippen LogP contribution >= 0.6 is 9.39 Å². The maximum absolute atomic E-state index is 3.36. The molecule has 0 aliphatic carbocycles. The molecule has 3 aliphatic rings. The molecule has 1 N–H and O–H groups in total. The number of hydrogen-bond donors (Lipinski definition) is 1. The van der Waals surface area contributed by atoms with E-state index in [9.17, 15) is 0 Å². The molecular formula is C5H11N2P. The molecule has 0 aromatic heterocycles. The highest BCUT2D eigenvalue weighted by atomic mass is 31.0. The smallest absolute Gasteiger partial charge is 0.0273 e. The quantitative estimate of drug-likeness (QED) is 0.458. The van der Waals surface area contributed by atoms with Crippen molar-refractivity contribution in [3.05, 3.63) is 0 Å². The van der Waals surface area contributed by atoms with Crippen molar-refractivity contribution in [2.45, 2.75) is 18.5 Å². The highest BCUT2D eigenvalue weighted by Gasteiger charge is 2.38. The van der Waals surface area contributed by atoms with Gasteiger partial charge in [0.25, 0.3) is 0 Å². The number of fused-ring (bicyclic) bond motifs is 2. The van der Waals surface area contributed by atoms with Gasteiger partial charge in [-0.25, -0.2) is 0 Å². The van der Waals surface area contributed by atoms with Gasteiger partial charge in [-0.15, -0.1) is 0 Å². The molecule has 3 fully saturated rings. The molecular weight excluding hydrogens is 119 g/mol. The third-order valence-electron chi connectivity index (χ3n) is 2.15. The number of piperazine rings is 1. The van der Waals surface area contributed by atoms with Crippen LogP contribution in [-0.4, -0.2) is 29.8 Å². The van der Waals surface area contributed by atoms with Gasteiger partial charge in [-0.05, 0) is 6.42 Å². The summed E-state index contributed by atoms with van der Waals surface area (Å²) < 4.78 is 2.39. The molecule has 0 spiro atoms. The van der Waals surface area contributed by atoms with Crippen LogP contribution in [0.3, 0.4) is 0 Å². The predicted molar refractivity (Wildman–Crippen MR) is 36.6 cm³/mol. The molecule has 0 aromatic rings. The number of nitrogens with zero attached hydrogens (tertiary/aromatic N) is 1. The topological polar surface area (TPSA) is 15.3 Å². The third kappa shape index (κ3) is 0.540. The van der Waals surface area contributed by atoms with E-state index in [2.05, 4.69) is 19.4 Å². The van der Waals surface area contributed by atoms with Crippen molar-refractivity contribution in [2.24, 2.45) is 0 Å². The van der Waals surface area contributed by atoms with Crippen LogP contribution in [0, 0.1) is 0 Å². The third-order valence-corrected chi connectivity index (χ3v) is 2.99. The van der Waals surface area contributed by atoms with Crippen molar-refractivity contribution in [1.29, 1.82) is 0 Å². The van der Waals surface area contributed by atoms with Crippen LogP contribution in [-0.2, 0) is 0 Å². The van der Waals surface area contributed by atoms with Crippen molar-refractivity contribution in [3.63, 3.8) is 0 Å². The van der Waals surface area contributed by atoms with E-state index in [4.69, 9.17) is 0 Å². The molecule has 3 atom stereocenters. The van der Waals surface area contributed by atoms with Crippen LogP contribution in [0.1, 0.15) is 6.42 Å². The maximum Gasteiger partial charge on any atom is 0.0273 e. The van der Waals surface area contributed by atoms with Crippen LogP contribution in [0.4, 0.5) is 0 Å². The molecule has 8 heavy (non-hydrogen) atoms. The van der Waals surface area contributed by atoms with E-state index >= 15 is 0 Å². The fourth-order valence-electron chi connectivity index (χ4n) is 1.51. The van der Waals surface area contributed by atoms with Crippen molar-refractivity contribution < 1.29 is 0 Å². The maximum atomic E-state index is 3.36. The number of rotatable bonds is 0. The Bertz CT molecular complexity index is 92.6. The lowest BCUT2D eigenvalue weighted by atomic mass is 9.93. The lowest BCUT2D eigenvalue weighted by Gasteiger charge is -2.50. The molecule has 46 valence electrons. The first-order valence-corrected chi connectivity index (χ1v) is 3.63. The Morgan fingerprint density at radius 3 is 2.25 bits per heavy atom. The summed E-state index contributed by atoms with van der Waals surface area (Å²) in [5.41, 5.74) is 0. The molecule has 0 saturated carbocycles. The number of nitrogens with one attached hydrogen (secondary N) is 1. The fraction of sp³-hybridized carbons (Fsp3) is 1.00. The minimum atomic E-state index is 0.832. The van der Waals surface area contributed by atoms with Gasteiger partial charge < -0.3 is 5.32 Å². The fourth-order valence-corrected chi connectivity index (χ4v) is 1.97. The Labute approximate surface area is 51.9 Å². The lowest BCUT2D eigenvalue weighted by molar-refractivity contribution is 0.0826. The summed E-state index contributed by atoms with van der Waals surface area (Å²) in [7, 11) is 2.79. The summed E-state index contributed by atoms with van der Waals surface area (Å²) in [4.78, 5) is 0. The lowest BCUT2D eigenvalue weighted by Crippen LogP contribution is -2.63. The average molecular weight is 130 g/mol. The molecule has 2 bridgehead atoms. The second-order valence-corrected chi connectivity index (χ2v) is 3.25. The zero-order valence-electron chi connectivity index (χ0n) is 4.80. The van der Waals surface area contributed by atoms with Gasteiger partial charge >= 0.3 is 0 Å². The molecule has 3 rings (SSSR count). The highest BCUT2D eigenvalue weighted by molar-refractivity contribution is 7.13. The van der Waals surface area contributed by atoms with Crippen molar-refractivity contribution in [1.82, 2.24) is 9.99 Å². The first kappa shape index (κ1) is 5.16. The predicted octanol–water partition coefficient (Wildman–Crippen LogP) is -0.177. The molecule has 0 radical (unpaired) electrons. The first-order chi connectivity index (χ1) is 3.88. The van der Waals surface area contributed by atoms with Gasteiger partial charge in [-0.2, -0.15) is 0 Å². The molecule has 2 nitrogen and oxygen atoms in total. The summed E-state index contributed by atoms with van der Waals surface area (Å²) in [6, 6.07) is 1.66. The monoisotopic (exact) mass is 130 g/mol. The standard InChI is InChI=1S/C5H11N2P/c8-7-4-1-5(7)3-6-2-4/h4-6H,1-3,8H2. The van der Waals surface area contributed by atoms with E-state index in [-0.39, 0.29) is 0 Å². The summed E-state index contributed by atoms with van der Waals surface area (Å²) >= 11 is 0. The summed E-state index contributed by atoms with van der Waals surface area (Å²) in [6.45, 7) is 2.39. The van der Waals surface area contributed by atoms with Gasteiger partial charge in [0.1, 0.15) is 0 Å². The van der Waals surface area contributed by atoms with Crippen LogP contribution < -0.4 is 5.32 Å². The summed E-state index contributed by atoms with van der Waals surface area (Å²) in [5.74, 6) is 0. The molecule has 0 aromatic carbocycles. The molecule has 3 aliphatic heterocycles. The largest absolute Gasteiger partial charge is 0.314 e. The first-order valence-electron chi connectivity index (χ1n) is 3.11. The zero-order valence-corrected chi connectivity index (χ0v) is 5.96. The molecule has 3 unspecified atom stereocenters. The second kappa shape index (κ2) is 1.66. The van der Waals surface area contributed by atoms with Crippen molar-refractivity contribution in [3.8, 4) is 0 Å². The number of hydrogen-bond acceptors (Lipinski definition) is 2. The second-order valence-electron chi connectivity index (χ2n) is 2.65. The van der Waals surface area contributed by atoms with Gasteiger partial charge in [-0.1, -0.05) is 9.39 Å². The van der Waals surface area contributed by atoms with Crippen LogP contribution in [0.25, 0.3) is 0 Å². The average Bonchev–Trinajstić information content (AvgIpc) is 1.89. The van der Waals surface area contributed by atoms with Crippen molar-refractivity contribution >= 4 is 9.39 Å². The normalized spacial score (nSPS) is 46.1. The molecule has 3 heteroatoms. The Balaban J connectivity index is 2.03. The van der Waals surface area contributed by atoms with Crippen LogP contribution in [0.2, 0.25) is 0 Å². The Morgan fingerprint density at radius 1 is 1.38 bits per heavy atom. The van der Waals surface area contributed by atoms with E-state index in [1.807, 2.05) is 0 Å². The molecule has 0 amide bonds. The highest BCUT2D eigenvalue weighted by Crippen LogP contribution is 2.31. The van der Waals surface area contributed by atoms with Crippen molar-refractivity contribution in [2.75, 3.05) is 13.1 Å². The summed E-state index contributed by atoms with van der Waals surface area (Å²) in [5, 5.41) is 3.36. The van der Waals surface area contributed by atoms with Gasteiger partial charge in [-0.3, -0.25) is 4.67 Å². The van der Waals surface area contributed by atoms with E-state index in [1.165, 1.54) is 19.5 Å². The SMILES string of the molecule is PN1C2CNCC1C2. The Morgan fingerprint density at radius 2 is 2.00 bits per heavy atom.